The van der Waals surface area contributed by atoms with E-state index in [4.69, 9.17) is 5.73 Å². The average Bonchev–Trinajstić information content (AvgIpc) is 2.97. The summed E-state index contributed by atoms with van der Waals surface area (Å²) in [4.78, 5) is 13.7. The third-order valence-corrected chi connectivity index (χ3v) is 5.84. The minimum atomic E-state index is -0.0357. The summed E-state index contributed by atoms with van der Waals surface area (Å²) in [5, 5.41) is 5.11. The summed E-state index contributed by atoms with van der Waals surface area (Å²) in [5.41, 5.74) is 8.84. The highest BCUT2D eigenvalue weighted by atomic mass is 32.2. The van der Waals surface area contributed by atoms with E-state index in [1.165, 1.54) is 16.0 Å². The average molecular weight is 318 g/mol. The summed E-state index contributed by atoms with van der Waals surface area (Å²) in [6.07, 6.45) is 1.92. The number of anilines is 1. The largest absolute Gasteiger partial charge is 0.399 e. The zero-order valence-electron chi connectivity index (χ0n) is 11.7. The van der Waals surface area contributed by atoms with Crippen LogP contribution in [0.3, 0.4) is 0 Å². The van der Waals surface area contributed by atoms with E-state index in [0.717, 1.165) is 24.3 Å². The molecule has 0 saturated heterocycles. The lowest BCUT2D eigenvalue weighted by molar-refractivity contribution is -0.120. The maximum atomic E-state index is 12.4. The number of nitrogens with one attached hydrogen (secondary N) is 1. The van der Waals surface area contributed by atoms with E-state index in [0.29, 0.717) is 6.54 Å². The second-order valence-corrected chi connectivity index (χ2v) is 7.30. The lowest BCUT2D eigenvalue weighted by atomic mass is 10.1. The molecule has 2 heterocycles. The Hall–Kier alpha value is -1.46. The van der Waals surface area contributed by atoms with Gasteiger partial charge in [0, 0.05) is 17.1 Å². The molecule has 0 aliphatic carbocycles. The minimum absolute atomic E-state index is 0.0357. The molecule has 1 aromatic carbocycles. The van der Waals surface area contributed by atoms with Crippen LogP contribution >= 0.6 is 23.1 Å². The molecule has 0 saturated carbocycles. The molecule has 0 radical (unpaired) electrons. The van der Waals surface area contributed by atoms with Crippen molar-refractivity contribution in [2.24, 2.45) is 0 Å². The first-order chi connectivity index (χ1) is 10.2. The van der Waals surface area contributed by atoms with Gasteiger partial charge in [-0.15, -0.1) is 23.1 Å². The summed E-state index contributed by atoms with van der Waals surface area (Å²) in [6.45, 7) is 0.666. The van der Waals surface area contributed by atoms with Crippen LogP contribution in [-0.2, 0) is 17.6 Å². The molecule has 5 heteroatoms. The van der Waals surface area contributed by atoms with Crippen molar-refractivity contribution in [2.45, 2.75) is 18.1 Å². The Morgan fingerprint density at radius 1 is 1.29 bits per heavy atom. The number of nitrogen functional groups attached to an aromatic ring is 1. The van der Waals surface area contributed by atoms with Crippen LogP contribution in [0.15, 0.2) is 35.7 Å². The van der Waals surface area contributed by atoms with Crippen LogP contribution in [0.5, 0.6) is 0 Å². The zero-order chi connectivity index (χ0) is 14.7. The van der Waals surface area contributed by atoms with Crippen LogP contribution < -0.4 is 11.1 Å². The fourth-order valence-electron chi connectivity index (χ4n) is 2.47. The van der Waals surface area contributed by atoms with Gasteiger partial charge in [0.2, 0.25) is 5.91 Å². The first kappa shape index (κ1) is 14.5. The van der Waals surface area contributed by atoms with Gasteiger partial charge in [0.05, 0.1) is 0 Å². The Bertz CT molecular complexity index is 621. The molecule has 3 rings (SSSR count). The van der Waals surface area contributed by atoms with E-state index in [1.54, 1.807) is 23.1 Å². The van der Waals surface area contributed by atoms with Crippen LogP contribution in [0, 0.1) is 0 Å². The zero-order valence-corrected chi connectivity index (χ0v) is 13.3. The minimum Gasteiger partial charge on any atom is -0.399 e. The van der Waals surface area contributed by atoms with Gasteiger partial charge < -0.3 is 11.1 Å². The van der Waals surface area contributed by atoms with Crippen LogP contribution in [0.2, 0.25) is 0 Å². The predicted octanol–water partition coefficient (Wildman–Crippen LogP) is 3.02. The van der Waals surface area contributed by atoms with Crippen molar-refractivity contribution in [3.63, 3.8) is 0 Å². The molecule has 2 aromatic rings. The normalized spacial score (nSPS) is 17.2. The molecule has 1 atom stereocenters. The number of fused-ring (bicyclic) bond motifs is 1. The van der Waals surface area contributed by atoms with E-state index in [1.807, 2.05) is 24.3 Å². The maximum absolute atomic E-state index is 12.4. The predicted molar refractivity (Wildman–Crippen MR) is 90.8 cm³/mol. The highest BCUT2D eigenvalue weighted by Crippen LogP contribution is 2.39. The standard InChI is InChI=1S/C16H18N2OS2/c17-12-3-1-11(2-4-12)5-8-18-16(19)15-13-6-9-20-14(13)7-10-21-15/h1-4,6,9,15H,5,7-8,10,17H2,(H,18,19). The Balaban J connectivity index is 1.54. The summed E-state index contributed by atoms with van der Waals surface area (Å²) < 4.78 is 0. The number of benzene rings is 1. The van der Waals surface area contributed by atoms with Gasteiger partial charge in [-0.3, -0.25) is 4.79 Å². The van der Waals surface area contributed by atoms with E-state index < -0.39 is 0 Å². The highest BCUT2D eigenvalue weighted by Gasteiger charge is 2.27. The fourth-order valence-corrected chi connectivity index (χ4v) is 4.79. The van der Waals surface area contributed by atoms with Crippen LogP contribution in [0.25, 0.3) is 0 Å². The van der Waals surface area contributed by atoms with Gasteiger partial charge in [0.15, 0.2) is 0 Å². The number of carbonyl (C=O) groups is 1. The number of thioether (sulfide) groups is 1. The Morgan fingerprint density at radius 2 is 2.10 bits per heavy atom. The smallest absolute Gasteiger partial charge is 0.237 e. The van der Waals surface area contributed by atoms with E-state index in [2.05, 4.69) is 16.8 Å². The van der Waals surface area contributed by atoms with E-state index in [-0.39, 0.29) is 11.2 Å². The molecule has 0 fully saturated rings. The molecule has 110 valence electrons. The first-order valence-electron chi connectivity index (χ1n) is 7.04. The summed E-state index contributed by atoms with van der Waals surface area (Å²) >= 11 is 3.51. The van der Waals surface area contributed by atoms with Crippen molar-refractivity contribution >= 4 is 34.7 Å². The lowest BCUT2D eigenvalue weighted by Gasteiger charge is -2.21. The first-order valence-corrected chi connectivity index (χ1v) is 8.97. The van der Waals surface area contributed by atoms with Gasteiger partial charge in [-0.2, -0.15) is 0 Å². The van der Waals surface area contributed by atoms with Crippen molar-refractivity contribution < 1.29 is 4.79 Å². The van der Waals surface area contributed by atoms with Crippen molar-refractivity contribution in [1.82, 2.24) is 5.32 Å². The highest BCUT2D eigenvalue weighted by molar-refractivity contribution is 8.00. The van der Waals surface area contributed by atoms with Gasteiger partial charge in [0.25, 0.3) is 0 Å². The monoisotopic (exact) mass is 318 g/mol. The molecule has 1 unspecified atom stereocenters. The number of hydrogen-bond donors (Lipinski definition) is 2. The van der Waals surface area contributed by atoms with Crippen LogP contribution in [-0.4, -0.2) is 18.2 Å². The second-order valence-electron chi connectivity index (χ2n) is 5.08. The molecule has 3 N–H and O–H groups in total. The molecule has 3 nitrogen and oxygen atoms in total. The third kappa shape index (κ3) is 3.41. The third-order valence-electron chi connectivity index (χ3n) is 3.61. The van der Waals surface area contributed by atoms with E-state index in [9.17, 15) is 4.79 Å². The number of hydrogen-bond acceptors (Lipinski definition) is 4. The Kier molecular flexibility index (Phi) is 4.51. The van der Waals surface area contributed by atoms with E-state index >= 15 is 0 Å². The van der Waals surface area contributed by atoms with Crippen molar-refractivity contribution in [3.8, 4) is 0 Å². The summed E-state index contributed by atoms with van der Waals surface area (Å²) in [5.74, 6) is 1.17. The quantitative estimate of drug-likeness (QED) is 0.852. The molecule has 1 amide bonds. The van der Waals surface area contributed by atoms with Gasteiger partial charge in [0.1, 0.15) is 5.25 Å². The van der Waals surface area contributed by atoms with Gasteiger partial charge in [-0.05, 0) is 53.3 Å². The van der Waals surface area contributed by atoms with Crippen molar-refractivity contribution in [3.05, 3.63) is 51.7 Å². The number of rotatable bonds is 4. The SMILES string of the molecule is Nc1ccc(CCNC(=O)C2SCCc3sccc32)cc1. The maximum Gasteiger partial charge on any atom is 0.237 e. The molecule has 1 aromatic heterocycles. The van der Waals surface area contributed by atoms with Crippen molar-refractivity contribution in [2.75, 3.05) is 18.0 Å². The molecule has 0 spiro atoms. The number of amides is 1. The van der Waals surface area contributed by atoms with Gasteiger partial charge >= 0.3 is 0 Å². The van der Waals surface area contributed by atoms with Crippen LogP contribution in [0.1, 0.15) is 21.3 Å². The fraction of sp³-hybridized carbons (Fsp3) is 0.312. The molecule has 1 aliphatic heterocycles. The molecule has 1 aliphatic rings. The topological polar surface area (TPSA) is 55.1 Å². The van der Waals surface area contributed by atoms with Crippen molar-refractivity contribution in [1.29, 1.82) is 0 Å². The summed E-state index contributed by atoms with van der Waals surface area (Å²) in [6, 6.07) is 9.90. The number of aryl methyl sites for hydroxylation is 1. The Labute approximate surface area is 132 Å². The summed E-state index contributed by atoms with van der Waals surface area (Å²) in [7, 11) is 0. The lowest BCUT2D eigenvalue weighted by Crippen LogP contribution is -2.31. The molecule has 21 heavy (non-hydrogen) atoms. The van der Waals surface area contributed by atoms with Crippen LogP contribution in [0.4, 0.5) is 5.69 Å². The number of thiophene rings is 1. The Morgan fingerprint density at radius 3 is 2.90 bits per heavy atom. The number of carbonyl (C=O) groups excluding carboxylic acids is 1. The molecular weight excluding hydrogens is 300 g/mol. The molecular formula is C16H18N2OS2. The van der Waals surface area contributed by atoms with Gasteiger partial charge in [-0.1, -0.05) is 12.1 Å². The molecule has 0 bridgehead atoms. The number of nitrogens with two attached hydrogens (primary N) is 1. The van der Waals surface area contributed by atoms with Gasteiger partial charge in [-0.25, -0.2) is 0 Å². The second kappa shape index (κ2) is 6.54.